The molecule has 2 aliphatic rings. The van der Waals surface area contributed by atoms with Gasteiger partial charge in [-0.25, -0.2) is 0 Å². The van der Waals surface area contributed by atoms with Crippen molar-refractivity contribution in [2.24, 2.45) is 11.8 Å². The van der Waals surface area contributed by atoms with Crippen LogP contribution in [0, 0.1) is 11.8 Å². The smallest absolute Gasteiger partial charge is 0.255 e. The number of rotatable bonds is 7. The molecule has 1 aromatic rings. The maximum atomic E-state index is 12.5. The molecule has 1 saturated heterocycles. The summed E-state index contributed by atoms with van der Waals surface area (Å²) in [4.78, 5) is 14.3. The Bertz CT molecular complexity index is 561. The van der Waals surface area contributed by atoms with Crippen LogP contribution in [0.4, 0.5) is 0 Å². The number of amides is 1. The molecule has 144 valence electrons. The third-order valence-corrected chi connectivity index (χ3v) is 6.10. The highest BCUT2D eigenvalue weighted by Gasteiger charge is 2.26. The van der Waals surface area contributed by atoms with Crippen LogP contribution >= 0.6 is 0 Å². The third-order valence-electron chi connectivity index (χ3n) is 6.10. The normalized spacial score (nSPS) is 24.2. The first-order valence-electron chi connectivity index (χ1n) is 10.6. The van der Waals surface area contributed by atoms with Gasteiger partial charge >= 0.3 is 0 Å². The minimum atomic E-state index is -0.00830. The summed E-state index contributed by atoms with van der Waals surface area (Å²) in [6, 6.07) is 7.51. The van der Waals surface area contributed by atoms with Crippen LogP contribution in [-0.4, -0.2) is 38.7 Å². The molecule has 26 heavy (non-hydrogen) atoms. The fraction of sp³-hybridized carbons (Fsp3) is 0.682. The number of hydrogen-bond donors (Lipinski definition) is 2. The fourth-order valence-corrected chi connectivity index (χ4v) is 4.56. The van der Waals surface area contributed by atoms with Gasteiger partial charge in [0.25, 0.3) is 5.91 Å². The second kappa shape index (κ2) is 9.96. The highest BCUT2D eigenvalue weighted by atomic mass is 16.5. The summed E-state index contributed by atoms with van der Waals surface area (Å²) in [7, 11) is 0. The van der Waals surface area contributed by atoms with Crippen LogP contribution in [-0.2, 0) is 0 Å². The lowest BCUT2D eigenvalue weighted by molar-refractivity contribution is -0.909. The quantitative estimate of drug-likeness (QED) is 0.786. The third kappa shape index (κ3) is 5.47. The summed E-state index contributed by atoms with van der Waals surface area (Å²) in [5, 5.41) is 3.14. The van der Waals surface area contributed by atoms with Crippen LogP contribution in [0.25, 0.3) is 0 Å². The van der Waals surface area contributed by atoms with Crippen molar-refractivity contribution in [1.82, 2.24) is 5.32 Å². The Kier molecular flexibility index (Phi) is 7.36. The maximum Gasteiger partial charge on any atom is 0.255 e. The van der Waals surface area contributed by atoms with Crippen molar-refractivity contribution in [1.29, 1.82) is 0 Å². The minimum Gasteiger partial charge on any atom is -0.493 e. The molecule has 0 atom stereocenters. The molecule has 1 aromatic carbocycles. The number of ether oxygens (including phenoxy) is 1. The zero-order valence-electron chi connectivity index (χ0n) is 16.3. The van der Waals surface area contributed by atoms with Crippen molar-refractivity contribution >= 4 is 5.91 Å². The summed E-state index contributed by atoms with van der Waals surface area (Å²) < 4.78 is 5.57. The zero-order chi connectivity index (χ0) is 18.2. The molecule has 0 aromatic heterocycles. The zero-order valence-corrected chi connectivity index (χ0v) is 16.3. The number of carbonyl (C=O) groups excluding carboxylic acids is 1. The first kappa shape index (κ1) is 19.2. The van der Waals surface area contributed by atoms with Gasteiger partial charge in [-0.2, -0.15) is 0 Å². The lowest BCUT2D eigenvalue weighted by atomic mass is 9.88. The van der Waals surface area contributed by atoms with E-state index in [4.69, 9.17) is 4.74 Å². The van der Waals surface area contributed by atoms with Crippen LogP contribution in [0.15, 0.2) is 24.3 Å². The molecule has 4 nitrogen and oxygen atoms in total. The first-order valence-corrected chi connectivity index (χ1v) is 10.6. The minimum absolute atomic E-state index is 0.00830. The number of carbonyl (C=O) groups is 1. The van der Waals surface area contributed by atoms with Crippen LogP contribution in [0.5, 0.6) is 5.75 Å². The van der Waals surface area contributed by atoms with Crippen molar-refractivity contribution in [3.63, 3.8) is 0 Å². The maximum absolute atomic E-state index is 12.5. The highest BCUT2D eigenvalue weighted by Crippen LogP contribution is 2.22. The SMILES string of the molecule is CCOc1ccccc1C(=O)NCC1CC[NH+](CC2CCCCC2)CC1. The first-order chi connectivity index (χ1) is 12.8. The molecule has 3 rings (SSSR count). The van der Waals surface area contributed by atoms with Gasteiger partial charge in [-0.15, -0.1) is 0 Å². The number of para-hydroxylation sites is 1. The average molecular weight is 360 g/mol. The van der Waals surface area contributed by atoms with Crippen LogP contribution in [0.2, 0.25) is 0 Å². The summed E-state index contributed by atoms with van der Waals surface area (Å²) in [5.41, 5.74) is 0.648. The molecule has 0 unspecified atom stereocenters. The summed E-state index contributed by atoms with van der Waals surface area (Å²) in [6.07, 6.45) is 9.68. The van der Waals surface area contributed by atoms with E-state index in [1.165, 1.54) is 64.6 Å². The van der Waals surface area contributed by atoms with Crippen LogP contribution in [0.3, 0.4) is 0 Å². The number of hydrogen-bond acceptors (Lipinski definition) is 2. The topological polar surface area (TPSA) is 42.8 Å². The Morgan fingerprint density at radius 3 is 2.54 bits per heavy atom. The van der Waals surface area contributed by atoms with Crippen molar-refractivity contribution < 1.29 is 14.4 Å². The van der Waals surface area contributed by atoms with Crippen molar-refractivity contribution in [2.45, 2.75) is 51.9 Å². The van der Waals surface area contributed by atoms with E-state index in [9.17, 15) is 4.79 Å². The van der Waals surface area contributed by atoms with Gasteiger partial charge in [-0.3, -0.25) is 4.79 Å². The van der Waals surface area contributed by atoms with E-state index in [1.54, 1.807) is 4.90 Å². The average Bonchev–Trinajstić information content (AvgIpc) is 2.69. The van der Waals surface area contributed by atoms with Crippen molar-refractivity contribution in [3.8, 4) is 5.75 Å². The van der Waals surface area contributed by atoms with Gasteiger partial charge in [-0.1, -0.05) is 31.4 Å². The van der Waals surface area contributed by atoms with Crippen LogP contribution in [0.1, 0.15) is 62.2 Å². The second-order valence-corrected chi connectivity index (χ2v) is 8.04. The molecule has 0 radical (unpaired) electrons. The van der Waals surface area contributed by atoms with E-state index in [-0.39, 0.29) is 5.91 Å². The summed E-state index contributed by atoms with van der Waals surface area (Å²) >= 11 is 0. The Labute approximate surface area is 158 Å². The molecule has 4 heteroatoms. The number of quaternary nitrogens is 1. The molecule has 1 saturated carbocycles. The number of benzene rings is 1. The number of piperidine rings is 1. The summed E-state index contributed by atoms with van der Waals surface area (Å²) in [6.45, 7) is 7.22. The molecule has 1 aliphatic heterocycles. The van der Waals surface area contributed by atoms with E-state index in [0.717, 1.165) is 12.5 Å². The Balaban J connectivity index is 1.40. The Hall–Kier alpha value is -1.55. The Morgan fingerprint density at radius 1 is 1.08 bits per heavy atom. The van der Waals surface area contributed by atoms with Crippen LogP contribution < -0.4 is 15.0 Å². The number of likely N-dealkylation sites (tertiary alicyclic amines) is 1. The van der Waals surface area contributed by atoms with Gasteiger partial charge in [0.2, 0.25) is 0 Å². The molecule has 2 N–H and O–H groups in total. The monoisotopic (exact) mass is 359 g/mol. The molecular formula is C22H35N2O2+. The van der Waals surface area contributed by atoms with Gasteiger partial charge in [0.05, 0.1) is 31.8 Å². The Morgan fingerprint density at radius 2 is 1.81 bits per heavy atom. The molecular weight excluding hydrogens is 324 g/mol. The van der Waals surface area contributed by atoms with E-state index in [1.807, 2.05) is 31.2 Å². The van der Waals surface area contributed by atoms with E-state index >= 15 is 0 Å². The van der Waals surface area contributed by atoms with Gasteiger partial charge < -0.3 is 15.0 Å². The van der Waals surface area contributed by atoms with E-state index < -0.39 is 0 Å². The molecule has 1 heterocycles. The van der Waals surface area contributed by atoms with Gasteiger partial charge in [0.15, 0.2) is 0 Å². The van der Waals surface area contributed by atoms with Crippen molar-refractivity contribution in [2.75, 3.05) is 32.8 Å². The molecule has 1 amide bonds. The van der Waals surface area contributed by atoms with E-state index in [2.05, 4.69) is 5.32 Å². The lowest BCUT2D eigenvalue weighted by Crippen LogP contribution is -3.13. The molecule has 0 bridgehead atoms. The van der Waals surface area contributed by atoms with E-state index in [0.29, 0.717) is 23.8 Å². The van der Waals surface area contributed by atoms with Gasteiger partial charge in [-0.05, 0) is 37.8 Å². The summed E-state index contributed by atoms with van der Waals surface area (Å²) in [5.74, 6) is 2.25. The molecule has 1 aliphatic carbocycles. The molecule has 0 spiro atoms. The standard InChI is InChI=1S/C22H34N2O2/c1-2-26-21-11-7-6-10-20(21)22(25)23-16-18-12-14-24(15-13-18)17-19-8-4-3-5-9-19/h6-7,10-11,18-19H,2-5,8-9,12-17H2,1H3,(H,23,25)/p+1. The second-order valence-electron chi connectivity index (χ2n) is 8.04. The largest absolute Gasteiger partial charge is 0.493 e. The predicted molar refractivity (Wildman–Crippen MR) is 105 cm³/mol. The van der Waals surface area contributed by atoms with Gasteiger partial charge in [0, 0.05) is 25.3 Å². The fourth-order valence-electron chi connectivity index (χ4n) is 4.56. The van der Waals surface area contributed by atoms with Gasteiger partial charge in [0.1, 0.15) is 5.75 Å². The predicted octanol–water partition coefficient (Wildman–Crippen LogP) is 2.69. The lowest BCUT2D eigenvalue weighted by Gasteiger charge is -2.32. The number of nitrogens with one attached hydrogen (secondary N) is 2. The highest BCUT2D eigenvalue weighted by molar-refractivity contribution is 5.96. The van der Waals surface area contributed by atoms with Crippen molar-refractivity contribution in [3.05, 3.63) is 29.8 Å². The molecule has 2 fully saturated rings.